The molecular weight excluding hydrogens is 194 g/mol. The van der Waals surface area contributed by atoms with E-state index in [1.807, 2.05) is 0 Å². The van der Waals surface area contributed by atoms with Crippen molar-refractivity contribution in [3.8, 4) is 0 Å². The minimum atomic E-state index is 0.368. The molecule has 2 atom stereocenters. The Hall–Kier alpha value is -0.820. The van der Waals surface area contributed by atoms with Crippen molar-refractivity contribution in [2.45, 2.75) is 32.6 Å². The molecule has 1 heteroatoms. The van der Waals surface area contributed by atoms with Gasteiger partial charge in [-0.3, -0.25) is 0 Å². The molecule has 0 aromatic heterocycles. The number of likely N-dealkylation sites (tertiary alicyclic amines) is 1. The molecule has 1 aromatic rings. The van der Waals surface area contributed by atoms with Crippen molar-refractivity contribution in [2.24, 2.45) is 5.92 Å². The maximum absolute atomic E-state index is 2.56. The van der Waals surface area contributed by atoms with E-state index in [4.69, 9.17) is 0 Å². The maximum atomic E-state index is 2.56. The van der Waals surface area contributed by atoms with Gasteiger partial charge in [0.15, 0.2) is 0 Å². The van der Waals surface area contributed by atoms with Gasteiger partial charge in [-0.2, -0.15) is 0 Å². The molecule has 0 N–H and O–H groups in total. The van der Waals surface area contributed by atoms with E-state index in [0.29, 0.717) is 5.41 Å². The number of piperidine rings is 1. The number of hydrogen-bond donors (Lipinski definition) is 0. The van der Waals surface area contributed by atoms with Gasteiger partial charge in [-0.05, 0) is 36.4 Å². The fourth-order valence-corrected chi connectivity index (χ4v) is 2.85. The first-order valence-corrected chi connectivity index (χ1v) is 6.44. The third-order valence-corrected chi connectivity index (χ3v) is 4.45. The summed E-state index contributed by atoms with van der Waals surface area (Å²) in [6.45, 7) is 10.8. The summed E-state index contributed by atoms with van der Waals surface area (Å²) in [5.41, 5.74) is 1.88. The van der Waals surface area contributed by atoms with E-state index in [9.17, 15) is 0 Å². The summed E-state index contributed by atoms with van der Waals surface area (Å²) < 4.78 is 0. The van der Waals surface area contributed by atoms with E-state index in [1.54, 1.807) is 0 Å². The van der Waals surface area contributed by atoms with Gasteiger partial charge in [-0.15, -0.1) is 0 Å². The summed E-state index contributed by atoms with van der Waals surface area (Å²) in [6, 6.07) is 11.0. The molecule has 1 aliphatic heterocycles. The Morgan fingerprint density at radius 1 is 1.31 bits per heavy atom. The summed E-state index contributed by atoms with van der Waals surface area (Å²) in [4.78, 5) is 2.56. The van der Waals surface area contributed by atoms with Gasteiger partial charge in [0.25, 0.3) is 0 Å². The Labute approximate surface area is 99.5 Å². The van der Waals surface area contributed by atoms with Gasteiger partial charge in [0, 0.05) is 6.54 Å². The van der Waals surface area contributed by atoms with Crippen LogP contribution in [0.5, 0.6) is 0 Å². The minimum Gasteiger partial charge on any atom is -0.303 e. The summed E-state index contributed by atoms with van der Waals surface area (Å²) >= 11 is 0. The van der Waals surface area contributed by atoms with Crippen molar-refractivity contribution in [1.82, 2.24) is 4.90 Å². The van der Waals surface area contributed by atoms with Crippen LogP contribution in [0.25, 0.3) is 0 Å². The smallest absolute Gasteiger partial charge is 0.00153 e. The van der Waals surface area contributed by atoms with Crippen LogP contribution in [0.3, 0.4) is 0 Å². The largest absolute Gasteiger partial charge is 0.303 e. The Kier molecular flexibility index (Phi) is 3.34. The van der Waals surface area contributed by atoms with Crippen molar-refractivity contribution < 1.29 is 0 Å². The van der Waals surface area contributed by atoms with Crippen molar-refractivity contribution in [1.29, 1.82) is 0 Å². The molecule has 0 amide bonds. The van der Waals surface area contributed by atoms with Crippen molar-refractivity contribution >= 4 is 0 Å². The van der Waals surface area contributed by atoms with Crippen LogP contribution in [0.15, 0.2) is 30.3 Å². The lowest BCUT2D eigenvalue weighted by molar-refractivity contribution is 0.116. The minimum absolute atomic E-state index is 0.368. The van der Waals surface area contributed by atoms with E-state index in [2.05, 4.69) is 56.0 Å². The molecular formula is C15H23N. The molecule has 1 nitrogen and oxygen atoms in total. The lowest BCUT2D eigenvalue weighted by Gasteiger charge is -2.44. The molecule has 1 heterocycles. The predicted molar refractivity (Wildman–Crippen MR) is 69.7 cm³/mol. The third-order valence-electron chi connectivity index (χ3n) is 4.45. The molecule has 0 unspecified atom stereocenters. The summed E-state index contributed by atoms with van der Waals surface area (Å²) in [6.07, 6.45) is 1.28. The highest BCUT2D eigenvalue weighted by molar-refractivity contribution is 5.26. The zero-order valence-corrected chi connectivity index (χ0v) is 10.7. The van der Waals surface area contributed by atoms with E-state index in [0.717, 1.165) is 5.92 Å². The van der Waals surface area contributed by atoms with Crippen LogP contribution < -0.4 is 0 Å². The Morgan fingerprint density at radius 2 is 2.00 bits per heavy atom. The quantitative estimate of drug-likeness (QED) is 0.734. The Bertz CT molecular complexity index is 333. The second-order valence-corrected chi connectivity index (χ2v) is 5.33. The zero-order valence-electron chi connectivity index (χ0n) is 10.7. The van der Waals surface area contributed by atoms with E-state index in [-0.39, 0.29) is 0 Å². The molecule has 1 aromatic carbocycles. The third kappa shape index (κ3) is 2.01. The van der Waals surface area contributed by atoms with Crippen molar-refractivity contribution in [2.75, 3.05) is 19.6 Å². The van der Waals surface area contributed by atoms with Crippen molar-refractivity contribution in [3.05, 3.63) is 35.9 Å². The number of benzene rings is 1. The highest BCUT2D eigenvalue weighted by atomic mass is 15.1. The normalized spacial score (nSPS) is 31.6. The average Bonchev–Trinajstić information content (AvgIpc) is 2.34. The monoisotopic (exact) mass is 217 g/mol. The molecule has 2 rings (SSSR count). The van der Waals surface area contributed by atoms with Gasteiger partial charge in [0.2, 0.25) is 0 Å². The van der Waals surface area contributed by atoms with Gasteiger partial charge in [0.1, 0.15) is 0 Å². The van der Waals surface area contributed by atoms with Crippen LogP contribution in [0.2, 0.25) is 0 Å². The molecule has 1 aliphatic rings. The molecule has 1 saturated heterocycles. The van der Waals surface area contributed by atoms with Gasteiger partial charge in [-0.25, -0.2) is 0 Å². The molecule has 0 saturated carbocycles. The number of hydrogen-bond acceptors (Lipinski definition) is 1. The summed E-state index contributed by atoms with van der Waals surface area (Å²) in [5, 5.41) is 0. The zero-order chi connectivity index (χ0) is 11.6. The second kappa shape index (κ2) is 4.58. The van der Waals surface area contributed by atoms with E-state index >= 15 is 0 Å². The fourth-order valence-electron chi connectivity index (χ4n) is 2.85. The molecule has 0 bridgehead atoms. The first kappa shape index (κ1) is 11.7. The highest BCUT2D eigenvalue weighted by Crippen LogP contribution is 2.38. The molecule has 16 heavy (non-hydrogen) atoms. The first-order valence-electron chi connectivity index (χ1n) is 6.44. The number of nitrogens with zero attached hydrogens (tertiary/aromatic N) is 1. The van der Waals surface area contributed by atoms with Crippen LogP contribution in [0, 0.1) is 5.92 Å². The first-order chi connectivity index (χ1) is 7.66. The van der Waals surface area contributed by atoms with Crippen molar-refractivity contribution in [3.63, 3.8) is 0 Å². The Balaban J connectivity index is 2.20. The Morgan fingerprint density at radius 3 is 2.56 bits per heavy atom. The standard InChI is InChI=1S/C15H23N/c1-4-16-11-10-15(3,13(2)12-16)14-8-6-5-7-9-14/h5-9,13H,4,10-12H2,1-3H3/t13-,15-/m0/s1. The van der Waals surface area contributed by atoms with Crippen LogP contribution in [-0.2, 0) is 5.41 Å². The van der Waals surface area contributed by atoms with E-state index < -0.39 is 0 Å². The molecule has 1 fully saturated rings. The van der Waals surface area contributed by atoms with Crippen LogP contribution in [-0.4, -0.2) is 24.5 Å². The average molecular weight is 217 g/mol. The van der Waals surface area contributed by atoms with Gasteiger partial charge in [0.05, 0.1) is 0 Å². The van der Waals surface area contributed by atoms with Crippen LogP contribution in [0.4, 0.5) is 0 Å². The summed E-state index contributed by atoms with van der Waals surface area (Å²) in [5.74, 6) is 0.739. The molecule has 88 valence electrons. The second-order valence-electron chi connectivity index (χ2n) is 5.33. The summed E-state index contributed by atoms with van der Waals surface area (Å²) in [7, 11) is 0. The van der Waals surface area contributed by atoms with Gasteiger partial charge < -0.3 is 4.90 Å². The number of rotatable bonds is 2. The molecule has 0 spiro atoms. The van der Waals surface area contributed by atoms with Crippen LogP contribution in [0.1, 0.15) is 32.8 Å². The molecule has 0 radical (unpaired) electrons. The fraction of sp³-hybridized carbons (Fsp3) is 0.600. The SMILES string of the molecule is CCN1CC[C@](C)(c2ccccc2)[C@@H](C)C1. The highest BCUT2D eigenvalue weighted by Gasteiger charge is 2.37. The van der Waals surface area contributed by atoms with Gasteiger partial charge in [-0.1, -0.05) is 51.1 Å². The topological polar surface area (TPSA) is 3.24 Å². The van der Waals surface area contributed by atoms with E-state index in [1.165, 1.54) is 31.6 Å². The van der Waals surface area contributed by atoms with Crippen LogP contribution >= 0.6 is 0 Å². The maximum Gasteiger partial charge on any atom is 0.00153 e. The molecule has 0 aliphatic carbocycles. The lowest BCUT2D eigenvalue weighted by atomic mass is 9.68. The van der Waals surface area contributed by atoms with Gasteiger partial charge >= 0.3 is 0 Å². The predicted octanol–water partition coefficient (Wildman–Crippen LogP) is 3.31. The lowest BCUT2D eigenvalue weighted by Crippen LogP contribution is -2.47.